The summed E-state index contributed by atoms with van der Waals surface area (Å²) in [6.45, 7) is 0. The van der Waals surface area contributed by atoms with Gasteiger partial charge in [-0.25, -0.2) is 9.79 Å². The van der Waals surface area contributed by atoms with E-state index in [4.69, 9.17) is 9.47 Å². The lowest BCUT2D eigenvalue weighted by molar-refractivity contribution is 0.410. The molecule has 0 atom stereocenters. The van der Waals surface area contributed by atoms with Crippen LogP contribution in [0.3, 0.4) is 0 Å². The van der Waals surface area contributed by atoms with Gasteiger partial charge in [-0.05, 0) is 43.2 Å². The van der Waals surface area contributed by atoms with Crippen molar-refractivity contribution in [3.05, 3.63) is 57.5 Å². The highest BCUT2D eigenvalue weighted by atomic mass is 16.5. The van der Waals surface area contributed by atoms with Crippen molar-refractivity contribution in [3.8, 4) is 23.4 Å². The van der Waals surface area contributed by atoms with Gasteiger partial charge in [-0.3, -0.25) is 4.98 Å². The molecule has 1 aliphatic carbocycles. The number of aromatic hydroxyl groups is 1. The SMILES string of the molecule is COc1ccc(Oc2nc(=NC3CC3)n3nc/c(=C\c4[nH]c(=O)[nH]c4O)c3n2)cc1. The molecule has 11 nitrogen and oxygen atoms in total. The molecule has 3 N–H and O–H groups in total. The first-order chi connectivity index (χ1) is 14.6. The Balaban J connectivity index is 1.64. The topological polar surface area (TPSA) is 143 Å². The minimum atomic E-state index is -0.516. The van der Waals surface area contributed by atoms with Crippen molar-refractivity contribution < 1.29 is 14.6 Å². The number of aromatic amines is 2. The summed E-state index contributed by atoms with van der Waals surface area (Å²) >= 11 is 0. The van der Waals surface area contributed by atoms with Crippen LogP contribution in [0.4, 0.5) is 0 Å². The summed E-state index contributed by atoms with van der Waals surface area (Å²) in [5.74, 6) is 0.970. The third-order valence-corrected chi connectivity index (χ3v) is 4.51. The van der Waals surface area contributed by atoms with Crippen LogP contribution in [0.5, 0.6) is 23.4 Å². The normalized spacial score (nSPS) is 15.1. The quantitative estimate of drug-likeness (QED) is 0.430. The Morgan fingerprint density at radius 3 is 2.63 bits per heavy atom. The number of H-pyrrole nitrogens is 2. The molecule has 0 spiro atoms. The zero-order chi connectivity index (χ0) is 20.7. The van der Waals surface area contributed by atoms with Crippen LogP contribution in [0.1, 0.15) is 18.5 Å². The van der Waals surface area contributed by atoms with Crippen LogP contribution in [-0.2, 0) is 0 Å². The average Bonchev–Trinajstić information content (AvgIpc) is 3.37. The lowest BCUT2D eigenvalue weighted by Gasteiger charge is -2.05. The van der Waals surface area contributed by atoms with E-state index in [0.29, 0.717) is 28.0 Å². The van der Waals surface area contributed by atoms with Gasteiger partial charge in [0, 0.05) is 5.22 Å². The number of ether oxygens (including phenoxy) is 2. The summed E-state index contributed by atoms with van der Waals surface area (Å²) in [6, 6.07) is 7.35. The number of methoxy groups -OCH3 is 1. The van der Waals surface area contributed by atoms with E-state index < -0.39 is 5.69 Å². The van der Waals surface area contributed by atoms with Crippen molar-refractivity contribution >= 4 is 11.7 Å². The fraction of sp³-hybridized carbons (Fsp3) is 0.211. The molecule has 30 heavy (non-hydrogen) atoms. The number of benzene rings is 1. The van der Waals surface area contributed by atoms with E-state index in [-0.39, 0.29) is 23.6 Å². The van der Waals surface area contributed by atoms with Gasteiger partial charge in [-0.1, -0.05) is 0 Å². The van der Waals surface area contributed by atoms with Crippen LogP contribution in [-0.4, -0.2) is 47.8 Å². The third kappa shape index (κ3) is 3.48. The van der Waals surface area contributed by atoms with Gasteiger partial charge in [0.15, 0.2) is 5.65 Å². The molecule has 0 aliphatic heterocycles. The van der Waals surface area contributed by atoms with Gasteiger partial charge < -0.3 is 19.6 Å². The number of nitrogens with zero attached hydrogens (tertiary/aromatic N) is 5. The Morgan fingerprint density at radius 2 is 1.97 bits per heavy atom. The Labute approximate surface area is 168 Å². The van der Waals surface area contributed by atoms with Crippen molar-refractivity contribution in [1.82, 2.24) is 29.5 Å². The number of hydrogen-bond donors (Lipinski definition) is 3. The number of hydrogen-bond acceptors (Lipinski definition) is 8. The zero-order valence-corrected chi connectivity index (χ0v) is 15.9. The Morgan fingerprint density at radius 1 is 1.20 bits per heavy atom. The molecule has 152 valence electrons. The Bertz CT molecular complexity index is 1400. The molecule has 0 unspecified atom stereocenters. The van der Waals surface area contributed by atoms with Crippen LogP contribution in [0.25, 0.3) is 11.7 Å². The lowest BCUT2D eigenvalue weighted by atomic mass is 10.3. The second kappa shape index (κ2) is 7.03. The summed E-state index contributed by atoms with van der Waals surface area (Å²) in [6.07, 6.45) is 5.11. The van der Waals surface area contributed by atoms with Crippen LogP contribution in [0.15, 0.2) is 40.2 Å². The minimum Gasteiger partial charge on any atom is -0.497 e. The first-order valence-corrected chi connectivity index (χ1v) is 9.23. The largest absolute Gasteiger partial charge is 0.497 e. The molecule has 11 heteroatoms. The number of fused-ring (bicyclic) bond motifs is 1. The molecule has 5 rings (SSSR count). The smallest absolute Gasteiger partial charge is 0.327 e. The predicted octanol–water partition coefficient (Wildman–Crippen LogP) is 0.258. The molecule has 0 radical (unpaired) electrons. The summed E-state index contributed by atoms with van der Waals surface area (Å²) in [4.78, 5) is 29.6. The van der Waals surface area contributed by atoms with E-state index in [1.165, 1.54) is 4.52 Å². The van der Waals surface area contributed by atoms with Gasteiger partial charge in [-0.2, -0.15) is 19.6 Å². The molecule has 1 saturated carbocycles. The second-order valence-electron chi connectivity index (χ2n) is 6.77. The number of rotatable bonds is 5. The van der Waals surface area contributed by atoms with E-state index in [1.54, 1.807) is 43.6 Å². The van der Waals surface area contributed by atoms with Crippen molar-refractivity contribution in [3.63, 3.8) is 0 Å². The Kier molecular flexibility index (Phi) is 4.20. The van der Waals surface area contributed by atoms with E-state index in [0.717, 1.165) is 12.8 Å². The zero-order valence-electron chi connectivity index (χ0n) is 15.9. The summed E-state index contributed by atoms with van der Waals surface area (Å²) in [7, 11) is 1.59. The molecule has 1 fully saturated rings. The standard InChI is InChI=1S/C19H17N7O4/c1-29-12-4-6-13(7-5-12)30-19-23-15-10(8-14-16(27)24-18(28)22-14)9-20-26(15)17(25-19)21-11-2-3-11/h4-9,11,27H,2-3H2,1H3,(H2,22,24,28)/b10-8+,21-17?. The Hall–Kier alpha value is -4.15. The minimum absolute atomic E-state index is 0.106. The van der Waals surface area contributed by atoms with Crippen LogP contribution in [0, 0.1) is 0 Å². The number of imidazole rings is 1. The van der Waals surface area contributed by atoms with E-state index in [9.17, 15) is 9.90 Å². The maximum Gasteiger partial charge on any atom is 0.327 e. The monoisotopic (exact) mass is 407 g/mol. The van der Waals surface area contributed by atoms with E-state index in [1.807, 2.05) is 0 Å². The molecule has 3 heterocycles. The summed E-state index contributed by atoms with van der Waals surface area (Å²) < 4.78 is 12.5. The molecule has 0 saturated heterocycles. The fourth-order valence-electron chi connectivity index (χ4n) is 2.86. The van der Waals surface area contributed by atoms with E-state index >= 15 is 0 Å². The highest BCUT2D eigenvalue weighted by Gasteiger charge is 2.21. The van der Waals surface area contributed by atoms with Crippen molar-refractivity contribution in [1.29, 1.82) is 0 Å². The highest BCUT2D eigenvalue weighted by Crippen LogP contribution is 2.23. The predicted molar refractivity (Wildman–Crippen MR) is 104 cm³/mol. The molecule has 1 aliphatic rings. The molecule has 4 aromatic rings. The maximum absolute atomic E-state index is 11.4. The first kappa shape index (κ1) is 17.9. The first-order valence-electron chi connectivity index (χ1n) is 9.23. The molecule has 1 aromatic carbocycles. The van der Waals surface area contributed by atoms with Gasteiger partial charge in [0.1, 0.15) is 17.2 Å². The van der Waals surface area contributed by atoms with Gasteiger partial charge in [0.2, 0.25) is 5.88 Å². The molecular weight excluding hydrogens is 390 g/mol. The van der Waals surface area contributed by atoms with Crippen molar-refractivity contribution in [2.24, 2.45) is 4.99 Å². The number of nitrogens with one attached hydrogen (secondary N) is 2. The lowest BCUT2D eigenvalue weighted by Crippen LogP contribution is -2.23. The molecular formula is C19H17N7O4. The van der Waals surface area contributed by atoms with Gasteiger partial charge in [-0.15, -0.1) is 0 Å². The van der Waals surface area contributed by atoms with Gasteiger partial charge in [0.25, 0.3) is 5.62 Å². The number of aromatic nitrogens is 6. The maximum atomic E-state index is 11.4. The highest BCUT2D eigenvalue weighted by molar-refractivity contribution is 5.56. The third-order valence-electron chi connectivity index (χ3n) is 4.51. The fourth-order valence-corrected chi connectivity index (χ4v) is 2.86. The average molecular weight is 407 g/mol. The van der Waals surface area contributed by atoms with Crippen LogP contribution in [0.2, 0.25) is 0 Å². The summed E-state index contributed by atoms with van der Waals surface area (Å²) in [5, 5.41) is 14.7. The summed E-state index contributed by atoms with van der Waals surface area (Å²) in [5.41, 5.74) is 0.497. The van der Waals surface area contributed by atoms with Crippen molar-refractivity contribution in [2.45, 2.75) is 18.9 Å². The van der Waals surface area contributed by atoms with E-state index in [2.05, 4.69) is 30.0 Å². The van der Waals surface area contributed by atoms with Gasteiger partial charge >= 0.3 is 11.7 Å². The molecule has 0 amide bonds. The molecule has 0 bridgehead atoms. The van der Waals surface area contributed by atoms with Crippen LogP contribution >= 0.6 is 0 Å². The second-order valence-corrected chi connectivity index (χ2v) is 6.77. The molecule has 3 aromatic heterocycles. The van der Waals surface area contributed by atoms with Crippen molar-refractivity contribution in [2.75, 3.05) is 7.11 Å². The van der Waals surface area contributed by atoms with Crippen LogP contribution < -0.4 is 26.0 Å². The van der Waals surface area contributed by atoms with Gasteiger partial charge in [0.05, 0.1) is 19.3 Å².